The van der Waals surface area contributed by atoms with Crippen molar-refractivity contribution in [1.82, 2.24) is 5.32 Å². The van der Waals surface area contributed by atoms with E-state index in [1.165, 1.54) is 5.56 Å². The molecule has 0 saturated carbocycles. The predicted molar refractivity (Wildman–Crippen MR) is 100 cm³/mol. The van der Waals surface area contributed by atoms with Crippen molar-refractivity contribution in [3.63, 3.8) is 0 Å². The van der Waals surface area contributed by atoms with E-state index in [1.807, 2.05) is 52.0 Å². The van der Waals surface area contributed by atoms with Crippen molar-refractivity contribution in [2.45, 2.75) is 40.7 Å². The van der Waals surface area contributed by atoms with Gasteiger partial charge in [0.2, 0.25) is 0 Å². The molecule has 0 saturated heterocycles. The van der Waals surface area contributed by atoms with E-state index < -0.39 is 6.10 Å². The Morgan fingerprint density at radius 1 is 1.00 bits per heavy atom. The van der Waals surface area contributed by atoms with Crippen molar-refractivity contribution >= 4 is 5.91 Å². The maximum absolute atomic E-state index is 12.1. The lowest BCUT2D eigenvalue weighted by Gasteiger charge is -2.16. The molecule has 0 aliphatic rings. The van der Waals surface area contributed by atoms with E-state index in [9.17, 15) is 4.79 Å². The average Bonchev–Trinajstić information content (AvgIpc) is 2.51. The minimum absolute atomic E-state index is 0.150. The van der Waals surface area contributed by atoms with Gasteiger partial charge in [0, 0.05) is 0 Å². The Hall–Kier alpha value is -2.49. The van der Waals surface area contributed by atoms with Gasteiger partial charge in [0.05, 0.1) is 6.54 Å². The second-order valence-corrected chi connectivity index (χ2v) is 6.49. The molecule has 0 spiro atoms. The molecule has 1 atom stereocenters. The van der Waals surface area contributed by atoms with Crippen LogP contribution in [0, 0.1) is 27.7 Å². The smallest absolute Gasteiger partial charge is 0.260 e. The van der Waals surface area contributed by atoms with Gasteiger partial charge in [-0.1, -0.05) is 23.8 Å². The standard InChI is InChI=1S/C21H27NO3/c1-14-6-7-20(17(4)11-14)24-9-8-22-21(23)18(5)25-19-12-15(2)10-16(3)13-19/h6-7,10-13,18H,8-9H2,1-5H3,(H,22,23)/t18-/m1/s1. The normalized spacial score (nSPS) is 11.7. The highest BCUT2D eigenvalue weighted by atomic mass is 16.5. The van der Waals surface area contributed by atoms with Gasteiger partial charge in [-0.15, -0.1) is 0 Å². The van der Waals surface area contributed by atoms with E-state index >= 15 is 0 Å². The quantitative estimate of drug-likeness (QED) is 0.778. The highest BCUT2D eigenvalue weighted by Crippen LogP contribution is 2.19. The summed E-state index contributed by atoms with van der Waals surface area (Å²) < 4.78 is 11.4. The molecule has 2 rings (SSSR count). The average molecular weight is 341 g/mol. The summed E-state index contributed by atoms with van der Waals surface area (Å²) in [4.78, 5) is 12.1. The number of benzene rings is 2. The maximum Gasteiger partial charge on any atom is 0.260 e. The van der Waals surface area contributed by atoms with Gasteiger partial charge in [0.1, 0.15) is 18.1 Å². The fraction of sp³-hybridized carbons (Fsp3) is 0.381. The Labute approximate surface area is 150 Å². The Bertz CT molecular complexity index is 720. The first-order valence-corrected chi connectivity index (χ1v) is 8.58. The number of nitrogens with one attached hydrogen (secondary N) is 1. The molecule has 4 heteroatoms. The van der Waals surface area contributed by atoms with Crippen molar-refractivity contribution in [2.24, 2.45) is 0 Å². The molecule has 0 bridgehead atoms. The first-order valence-electron chi connectivity index (χ1n) is 8.58. The Morgan fingerprint density at radius 3 is 2.32 bits per heavy atom. The summed E-state index contributed by atoms with van der Waals surface area (Å²) in [7, 11) is 0. The molecule has 0 unspecified atom stereocenters. The van der Waals surface area contributed by atoms with Gasteiger partial charge in [-0.3, -0.25) is 4.79 Å². The minimum atomic E-state index is -0.553. The molecule has 0 aromatic heterocycles. The number of amides is 1. The molecule has 0 fully saturated rings. The SMILES string of the molecule is Cc1cc(C)cc(O[C@H](C)C(=O)NCCOc2ccc(C)cc2C)c1. The lowest BCUT2D eigenvalue weighted by Crippen LogP contribution is -2.38. The Kier molecular flexibility index (Phi) is 6.45. The van der Waals surface area contributed by atoms with E-state index in [2.05, 4.69) is 17.4 Å². The summed E-state index contributed by atoms with van der Waals surface area (Å²) in [5.41, 5.74) is 4.53. The number of carbonyl (C=O) groups is 1. The van der Waals surface area contributed by atoms with Crippen LogP contribution < -0.4 is 14.8 Å². The van der Waals surface area contributed by atoms with E-state index in [1.54, 1.807) is 6.92 Å². The Balaban J connectivity index is 1.77. The third-order valence-corrected chi connectivity index (χ3v) is 3.87. The highest BCUT2D eigenvalue weighted by Gasteiger charge is 2.14. The molecule has 25 heavy (non-hydrogen) atoms. The second kappa shape index (κ2) is 8.56. The maximum atomic E-state index is 12.1. The molecule has 1 amide bonds. The largest absolute Gasteiger partial charge is 0.491 e. The summed E-state index contributed by atoms with van der Waals surface area (Å²) in [6.45, 7) is 10.7. The van der Waals surface area contributed by atoms with Crippen molar-refractivity contribution in [1.29, 1.82) is 0 Å². The lowest BCUT2D eigenvalue weighted by molar-refractivity contribution is -0.127. The molecule has 0 heterocycles. The second-order valence-electron chi connectivity index (χ2n) is 6.49. The fourth-order valence-corrected chi connectivity index (χ4v) is 2.70. The molecule has 1 N–H and O–H groups in total. The fourth-order valence-electron chi connectivity index (χ4n) is 2.70. The minimum Gasteiger partial charge on any atom is -0.491 e. The van der Waals surface area contributed by atoms with Crippen LogP contribution in [0.5, 0.6) is 11.5 Å². The summed E-state index contributed by atoms with van der Waals surface area (Å²) in [5, 5.41) is 2.84. The van der Waals surface area contributed by atoms with Crippen LogP contribution in [-0.2, 0) is 4.79 Å². The molecule has 0 aliphatic carbocycles. The number of aryl methyl sites for hydroxylation is 4. The van der Waals surface area contributed by atoms with Crippen LogP contribution in [-0.4, -0.2) is 25.2 Å². The zero-order chi connectivity index (χ0) is 18.4. The van der Waals surface area contributed by atoms with E-state index in [-0.39, 0.29) is 5.91 Å². The summed E-state index contributed by atoms with van der Waals surface area (Å²) in [5.74, 6) is 1.41. The molecule has 2 aromatic carbocycles. The van der Waals surface area contributed by atoms with Crippen LogP contribution >= 0.6 is 0 Å². The van der Waals surface area contributed by atoms with Gasteiger partial charge < -0.3 is 14.8 Å². The van der Waals surface area contributed by atoms with Gasteiger partial charge in [0.25, 0.3) is 5.91 Å². The van der Waals surface area contributed by atoms with Gasteiger partial charge in [-0.05, 0) is 69.5 Å². The van der Waals surface area contributed by atoms with Crippen LogP contribution in [0.1, 0.15) is 29.2 Å². The van der Waals surface area contributed by atoms with Crippen molar-refractivity contribution in [3.8, 4) is 11.5 Å². The first kappa shape index (κ1) is 18.8. The summed E-state index contributed by atoms with van der Waals surface area (Å²) in [6.07, 6.45) is -0.553. The zero-order valence-corrected chi connectivity index (χ0v) is 15.7. The van der Waals surface area contributed by atoms with Gasteiger partial charge in [-0.2, -0.15) is 0 Å². The molecule has 4 nitrogen and oxygen atoms in total. The van der Waals surface area contributed by atoms with Crippen molar-refractivity contribution in [2.75, 3.05) is 13.2 Å². The van der Waals surface area contributed by atoms with Gasteiger partial charge >= 0.3 is 0 Å². The number of rotatable bonds is 7. The molecular weight excluding hydrogens is 314 g/mol. The molecule has 134 valence electrons. The van der Waals surface area contributed by atoms with Crippen LogP contribution in [0.15, 0.2) is 36.4 Å². The lowest BCUT2D eigenvalue weighted by atomic mass is 10.1. The topological polar surface area (TPSA) is 47.6 Å². The first-order chi connectivity index (χ1) is 11.8. The van der Waals surface area contributed by atoms with Crippen LogP contribution in [0.4, 0.5) is 0 Å². The molecule has 2 aromatic rings. The monoisotopic (exact) mass is 341 g/mol. The predicted octanol–water partition coefficient (Wildman–Crippen LogP) is 3.88. The molecule has 0 radical (unpaired) electrons. The third-order valence-electron chi connectivity index (χ3n) is 3.87. The van der Waals surface area contributed by atoms with E-state index in [0.29, 0.717) is 18.9 Å². The molecule has 0 aliphatic heterocycles. The highest BCUT2D eigenvalue weighted by molar-refractivity contribution is 5.80. The number of carbonyl (C=O) groups excluding carboxylic acids is 1. The number of hydrogen-bond acceptors (Lipinski definition) is 3. The van der Waals surface area contributed by atoms with Crippen molar-refractivity contribution < 1.29 is 14.3 Å². The zero-order valence-electron chi connectivity index (χ0n) is 15.7. The van der Waals surface area contributed by atoms with Crippen LogP contribution in [0.25, 0.3) is 0 Å². The third kappa shape index (κ3) is 5.82. The van der Waals surface area contributed by atoms with Crippen LogP contribution in [0.2, 0.25) is 0 Å². The van der Waals surface area contributed by atoms with Gasteiger partial charge in [0.15, 0.2) is 6.10 Å². The van der Waals surface area contributed by atoms with E-state index in [0.717, 1.165) is 22.4 Å². The van der Waals surface area contributed by atoms with Crippen LogP contribution in [0.3, 0.4) is 0 Å². The van der Waals surface area contributed by atoms with Crippen molar-refractivity contribution in [3.05, 3.63) is 58.7 Å². The number of hydrogen-bond donors (Lipinski definition) is 1. The molecular formula is C21H27NO3. The summed E-state index contributed by atoms with van der Waals surface area (Å²) in [6, 6.07) is 12.0. The Morgan fingerprint density at radius 2 is 1.68 bits per heavy atom. The van der Waals surface area contributed by atoms with E-state index in [4.69, 9.17) is 9.47 Å². The number of ether oxygens (including phenoxy) is 2. The summed E-state index contributed by atoms with van der Waals surface area (Å²) >= 11 is 0. The van der Waals surface area contributed by atoms with Gasteiger partial charge in [-0.25, -0.2) is 0 Å².